The molecule has 2 aliphatic heterocycles. The zero-order valence-corrected chi connectivity index (χ0v) is 14.6. The fourth-order valence-electron chi connectivity index (χ4n) is 5.49. The molecular weight excluding hydrogens is 314 g/mol. The molecule has 5 heteroatoms. The van der Waals surface area contributed by atoms with E-state index in [0.717, 1.165) is 11.9 Å². The summed E-state index contributed by atoms with van der Waals surface area (Å²) in [4.78, 5) is 18.2. The first-order valence-electron chi connectivity index (χ1n) is 8.75. The Kier molecular flexibility index (Phi) is 2.56. The van der Waals surface area contributed by atoms with Crippen LogP contribution in [0.2, 0.25) is 0 Å². The van der Waals surface area contributed by atoms with Gasteiger partial charge < -0.3 is 20.4 Å². The van der Waals surface area contributed by atoms with Crippen LogP contribution < -0.4 is 0 Å². The predicted molar refractivity (Wildman–Crippen MR) is 96.0 cm³/mol. The van der Waals surface area contributed by atoms with Crippen LogP contribution >= 0.6 is 0 Å². The lowest BCUT2D eigenvalue weighted by molar-refractivity contribution is -0.130. The molecule has 0 radical (unpaired) electrons. The average Bonchev–Trinajstić information content (AvgIpc) is 3.14. The number of H-pyrrole nitrogens is 1. The highest BCUT2D eigenvalue weighted by molar-refractivity contribution is 6.22. The number of aromatic nitrogens is 1. The second kappa shape index (κ2) is 4.34. The predicted octanol–water partition coefficient (Wildman–Crippen LogP) is 3.28. The molecule has 3 heterocycles. The molecule has 3 atom stereocenters. The van der Waals surface area contributed by atoms with Crippen molar-refractivity contribution in [1.82, 2.24) is 9.88 Å². The van der Waals surface area contributed by atoms with Crippen molar-refractivity contribution in [1.29, 1.82) is 5.41 Å². The summed E-state index contributed by atoms with van der Waals surface area (Å²) in [5, 5.41) is 20.0. The number of rotatable bonds is 1. The number of hydrogen-bond donors (Lipinski definition) is 3. The monoisotopic (exact) mass is 335 g/mol. The van der Waals surface area contributed by atoms with Crippen LogP contribution in [-0.2, 0) is 11.2 Å². The second-order valence-corrected chi connectivity index (χ2v) is 8.08. The number of amides is 1. The van der Waals surface area contributed by atoms with Crippen LogP contribution in [-0.4, -0.2) is 38.2 Å². The van der Waals surface area contributed by atoms with Crippen molar-refractivity contribution in [2.24, 2.45) is 5.92 Å². The van der Waals surface area contributed by atoms with Gasteiger partial charge in [-0.3, -0.25) is 4.79 Å². The van der Waals surface area contributed by atoms with E-state index < -0.39 is 0 Å². The van der Waals surface area contributed by atoms with Gasteiger partial charge in [0.2, 0.25) is 0 Å². The van der Waals surface area contributed by atoms with E-state index in [0.29, 0.717) is 0 Å². The quantitative estimate of drug-likeness (QED) is 0.699. The summed E-state index contributed by atoms with van der Waals surface area (Å²) in [5.74, 6) is 0.168. The van der Waals surface area contributed by atoms with Gasteiger partial charge in [-0.05, 0) is 50.3 Å². The molecule has 3 N–H and O–H groups in total. The van der Waals surface area contributed by atoms with Gasteiger partial charge in [-0.2, -0.15) is 0 Å². The fourth-order valence-corrected chi connectivity index (χ4v) is 5.49. The molecule has 1 saturated heterocycles. The normalized spacial score (nSPS) is 29.3. The van der Waals surface area contributed by atoms with Gasteiger partial charge in [0.05, 0.1) is 11.6 Å². The minimum absolute atomic E-state index is 0.0550. The van der Waals surface area contributed by atoms with Crippen molar-refractivity contribution in [2.45, 2.75) is 44.7 Å². The Morgan fingerprint density at radius 1 is 1.40 bits per heavy atom. The summed E-state index contributed by atoms with van der Waals surface area (Å²) in [6, 6.07) is 5.94. The molecular formula is C20H21N3O2. The van der Waals surface area contributed by atoms with E-state index in [9.17, 15) is 9.90 Å². The zero-order chi connectivity index (χ0) is 17.7. The maximum Gasteiger partial charge on any atom is 0.260 e. The number of benzene rings is 1. The summed E-state index contributed by atoms with van der Waals surface area (Å²) in [6.07, 6.45) is 2.93. The number of carbonyl (C=O) groups is 1. The Morgan fingerprint density at radius 2 is 2.16 bits per heavy atom. The smallest absolute Gasteiger partial charge is 0.260 e. The number of fused-ring (bicyclic) bond motifs is 4. The highest BCUT2D eigenvalue weighted by atomic mass is 16.3. The van der Waals surface area contributed by atoms with Gasteiger partial charge in [-0.1, -0.05) is 12.1 Å². The highest BCUT2D eigenvalue weighted by Crippen LogP contribution is 2.58. The number of aliphatic hydroxyl groups is 1. The molecule has 1 aliphatic carbocycles. The largest absolute Gasteiger partial charge is 0.509 e. The third kappa shape index (κ3) is 1.54. The van der Waals surface area contributed by atoms with Gasteiger partial charge in [0.15, 0.2) is 0 Å². The molecule has 25 heavy (non-hydrogen) atoms. The van der Waals surface area contributed by atoms with E-state index in [1.165, 1.54) is 16.5 Å². The van der Waals surface area contributed by atoms with Crippen molar-refractivity contribution in [3.05, 3.63) is 46.9 Å². The number of hydrogen-bond acceptors (Lipinski definition) is 3. The van der Waals surface area contributed by atoms with Crippen LogP contribution in [0.4, 0.5) is 0 Å². The maximum absolute atomic E-state index is 13.0. The van der Waals surface area contributed by atoms with Crippen LogP contribution in [0.3, 0.4) is 0 Å². The van der Waals surface area contributed by atoms with E-state index in [-0.39, 0.29) is 46.4 Å². The Labute approximate surface area is 145 Å². The lowest BCUT2D eigenvalue weighted by Crippen LogP contribution is -2.47. The molecule has 0 saturated carbocycles. The fraction of sp³-hybridized carbons (Fsp3) is 0.400. The molecule has 128 valence electrons. The Balaban J connectivity index is 1.78. The van der Waals surface area contributed by atoms with Gasteiger partial charge in [-0.25, -0.2) is 0 Å². The minimum Gasteiger partial charge on any atom is -0.509 e. The van der Waals surface area contributed by atoms with Crippen LogP contribution in [0.15, 0.2) is 35.7 Å². The average molecular weight is 335 g/mol. The van der Waals surface area contributed by atoms with Crippen LogP contribution in [0.1, 0.15) is 37.8 Å². The molecule has 1 fully saturated rings. The van der Waals surface area contributed by atoms with E-state index in [4.69, 9.17) is 5.41 Å². The summed E-state index contributed by atoms with van der Waals surface area (Å²) in [5.41, 5.74) is 3.55. The Hall–Kier alpha value is -2.56. The topological polar surface area (TPSA) is 80.2 Å². The standard InChI is InChI=1S/C20H21N3O2/c1-9(21)14-18(24)17-16-11-8-22-13-6-4-5-10(15(11)13)7-12(16)20(2,3)23(17)19(14)25/h4-6,8,12,16-17,21-22,24H,7H2,1-3H3/t12-,16-,17-/m0/s1. The number of nitrogens with one attached hydrogen (secondary N) is 2. The van der Waals surface area contributed by atoms with Crippen molar-refractivity contribution >= 4 is 22.5 Å². The van der Waals surface area contributed by atoms with E-state index in [1.807, 2.05) is 11.1 Å². The van der Waals surface area contributed by atoms with Crippen molar-refractivity contribution in [2.75, 3.05) is 0 Å². The summed E-state index contributed by atoms with van der Waals surface area (Å²) in [7, 11) is 0. The van der Waals surface area contributed by atoms with Gasteiger partial charge in [-0.15, -0.1) is 0 Å². The van der Waals surface area contributed by atoms with E-state index in [1.54, 1.807) is 6.92 Å². The van der Waals surface area contributed by atoms with Gasteiger partial charge >= 0.3 is 0 Å². The molecule has 2 aromatic rings. The van der Waals surface area contributed by atoms with Crippen molar-refractivity contribution in [3.63, 3.8) is 0 Å². The van der Waals surface area contributed by atoms with E-state index in [2.05, 4.69) is 37.0 Å². The van der Waals surface area contributed by atoms with Crippen LogP contribution in [0.25, 0.3) is 10.9 Å². The Morgan fingerprint density at radius 3 is 2.88 bits per heavy atom. The number of aliphatic hydroxyl groups excluding tert-OH is 1. The molecule has 5 nitrogen and oxygen atoms in total. The first kappa shape index (κ1) is 14.8. The lowest BCUT2D eigenvalue weighted by atomic mass is 9.69. The summed E-state index contributed by atoms with van der Waals surface area (Å²) in [6.45, 7) is 5.76. The van der Waals surface area contributed by atoms with Crippen molar-refractivity contribution in [3.8, 4) is 0 Å². The molecule has 1 aromatic heterocycles. The first-order valence-corrected chi connectivity index (χ1v) is 8.75. The third-order valence-corrected chi connectivity index (χ3v) is 6.55. The molecule has 0 bridgehead atoms. The Bertz CT molecular complexity index is 998. The molecule has 5 rings (SSSR count). The number of carbonyl (C=O) groups excluding carboxylic acids is 1. The third-order valence-electron chi connectivity index (χ3n) is 6.55. The van der Waals surface area contributed by atoms with E-state index >= 15 is 0 Å². The zero-order valence-electron chi connectivity index (χ0n) is 14.6. The second-order valence-electron chi connectivity index (χ2n) is 8.08. The van der Waals surface area contributed by atoms with Gasteiger partial charge in [0, 0.05) is 34.3 Å². The van der Waals surface area contributed by atoms with Gasteiger partial charge in [0.1, 0.15) is 5.76 Å². The molecule has 0 unspecified atom stereocenters. The molecule has 3 aliphatic rings. The molecule has 1 amide bonds. The SMILES string of the molecule is CC(=N)C1=C(O)[C@@H]2[C@H]3c4c[nH]c5cccc(c45)C[C@@H]3C(C)(C)N2C1=O. The molecule has 1 aromatic carbocycles. The van der Waals surface area contributed by atoms with Crippen LogP contribution in [0, 0.1) is 11.3 Å². The van der Waals surface area contributed by atoms with Gasteiger partial charge in [0.25, 0.3) is 5.91 Å². The molecule has 0 spiro atoms. The first-order chi connectivity index (χ1) is 11.8. The number of aromatic amines is 1. The highest BCUT2D eigenvalue weighted by Gasteiger charge is 2.62. The number of nitrogens with zero attached hydrogens (tertiary/aromatic N) is 1. The van der Waals surface area contributed by atoms with Crippen molar-refractivity contribution < 1.29 is 9.90 Å². The maximum atomic E-state index is 13.0. The lowest BCUT2D eigenvalue weighted by Gasteiger charge is -2.37. The summed E-state index contributed by atoms with van der Waals surface area (Å²) >= 11 is 0. The minimum atomic E-state index is -0.380. The summed E-state index contributed by atoms with van der Waals surface area (Å²) < 4.78 is 0. The van der Waals surface area contributed by atoms with Crippen LogP contribution in [0.5, 0.6) is 0 Å².